The summed E-state index contributed by atoms with van der Waals surface area (Å²) in [5.41, 5.74) is 2.85. The fourth-order valence-electron chi connectivity index (χ4n) is 4.11. The van der Waals surface area contributed by atoms with Gasteiger partial charge >= 0.3 is 8.56 Å². The van der Waals surface area contributed by atoms with Gasteiger partial charge in [0.2, 0.25) is 0 Å². The number of hydrogen-bond donors (Lipinski definition) is 0. The van der Waals surface area contributed by atoms with Gasteiger partial charge in [-0.25, -0.2) is 0 Å². The van der Waals surface area contributed by atoms with Gasteiger partial charge in [0, 0.05) is 12.1 Å². The van der Waals surface area contributed by atoms with E-state index in [9.17, 15) is 0 Å². The molecule has 2 aromatic rings. The fraction of sp³-hybridized carbons (Fsp3) is 0.360. The summed E-state index contributed by atoms with van der Waals surface area (Å²) in [6.07, 6.45) is 11.7. The van der Waals surface area contributed by atoms with Crippen molar-refractivity contribution < 1.29 is 8.85 Å². The molecule has 148 valence electrons. The van der Waals surface area contributed by atoms with E-state index in [1.807, 2.05) is 24.3 Å². The largest absolute Gasteiger partial charge is 0.512 e. The molecular weight excluding hydrogens is 360 g/mol. The molecule has 0 atom stereocenters. The zero-order valence-electron chi connectivity index (χ0n) is 17.0. The topological polar surface area (TPSA) is 18.5 Å². The molecule has 3 heteroatoms. The Kier molecular flexibility index (Phi) is 7.16. The molecule has 1 aliphatic rings. The van der Waals surface area contributed by atoms with E-state index in [1.165, 1.54) is 43.2 Å². The van der Waals surface area contributed by atoms with E-state index in [2.05, 4.69) is 56.1 Å². The molecule has 0 aromatic heterocycles. The van der Waals surface area contributed by atoms with Gasteiger partial charge in [-0.2, -0.15) is 0 Å². The minimum atomic E-state index is -2.52. The quantitative estimate of drug-likeness (QED) is 0.337. The Balaban J connectivity index is 1.94. The third-order valence-electron chi connectivity index (χ3n) is 5.65. The zero-order valence-corrected chi connectivity index (χ0v) is 18.0. The average Bonchev–Trinajstić information content (AvgIpc) is 2.72. The third-order valence-corrected chi connectivity index (χ3v) is 8.96. The van der Waals surface area contributed by atoms with E-state index in [0.717, 1.165) is 24.3 Å². The Morgan fingerprint density at radius 1 is 0.821 bits per heavy atom. The van der Waals surface area contributed by atoms with Crippen molar-refractivity contribution in [2.24, 2.45) is 0 Å². The lowest BCUT2D eigenvalue weighted by Crippen LogP contribution is -2.51. The second-order valence-corrected chi connectivity index (χ2v) is 11.0. The van der Waals surface area contributed by atoms with E-state index in [0.29, 0.717) is 5.54 Å². The van der Waals surface area contributed by atoms with Gasteiger partial charge in [0.05, 0.1) is 0 Å². The molecule has 1 fully saturated rings. The van der Waals surface area contributed by atoms with Crippen molar-refractivity contribution in [3.05, 3.63) is 85.0 Å². The Morgan fingerprint density at radius 3 is 1.75 bits per heavy atom. The Morgan fingerprint density at radius 2 is 1.29 bits per heavy atom. The summed E-state index contributed by atoms with van der Waals surface area (Å²) >= 11 is 0. The predicted octanol–water partition coefficient (Wildman–Crippen LogP) is 7.01. The molecule has 2 nitrogen and oxygen atoms in total. The zero-order chi connectivity index (χ0) is 19.8. The molecule has 1 saturated carbocycles. The van der Waals surface area contributed by atoms with E-state index < -0.39 is 8.56 Å². The highest BCUT2D eigenvalue weighted by Crippen LogP contribution is 2.40. The van der Waals surface area contributed by atoms with Crippen molar-refractivity contribution in [3.8, 4) is 11.5 Å². The average molecular weight is 393 g/mol. The van der Waals surface area contributed by atoms with E-state index >= 15 is 0 Å². The maximum atomic E-state index is 6.81. The van der Waals surface area contributed by atoms with Crippen molar-refractivity contribution in [2.75, 3.05) is 0 Å². The van der Waals surface area contributed by atoms with Crippen LogP contribution >= 0.6 is 0 Å². The molecule has 0 bridgehead atoms. The Labute approximate surface area is 171 Å². The molecule has 0 aliphatic heterocycles. The van der Waals surface area contributed by atoms with Crippen molar-refractivity contribution in [3.63, 3.8) is 0 Å². The fourth-order valence-corrected chi connectivity index (χ4v) is 7.21. The van der Waals surface area contributed by atoms with Crippen LogP contribution in [0.2, 0.25) is 12.1 Å². The van der Waals surface area contributed by atoms with Crippen LogP contribution in [0.3, 0.4) is 0 Å². The SMILES string of the molecule is C=CCc1ccccc1O[Si](C)(Oc1ccccc1CC=C)C1CCCCC1. The van der Waals surface area contributed by atoms with Gasteiger partial charge < -0.3 is 8.85 Å². The van der Waals surface area contributed by atoms with Crippen molar-refractivity contribution >= 4 is 8.56 Å². The molecule has 0 saturated heterocycles. The first-order chi connectivity index (χ1) is 13.7. The van der Waals surface area contributed by atoms with Crippen LogP contribution in [0.1, 0.15) is 43.2 Å². The van der Waals surface area contributed by atoms with Gasteiger partial charge in [0.25, 0.3) is 0 Å². The Hall–Kier alpha value is -2.26. The molecule has 1 aliphatic carbocycles. The highest BCUT2D eigenvalue weighted by Gasteiger charge is 2.46. The van der Waals surface area contributed by atoms with Crippen LogP contribution in [-0.2, 0) is 12.8 Å². The molecule has 0 spiro atoms. The predicted molar refractivity (Wildman–Crippen MR) is 120 cm³/mol. The number of rotatable bonds is 9. The van der Waals surface area contributed by atoms with E-state index in [-0.39, 0.29) is 0 Å². The number of para-hydroxylation sites is 2. The van der Waals surface area contributed by atoms with Gasteiger partial charge in [0.15, 0.2) is 0 Å². The summed E-state index contributed by atoms with van der Waals surface area (Å²) in [5.74, 6) is 1.90. The normalized spacial score (nSPS) is 15.0. The Bertz CT molecular complexity index is 737. The first-order valence-corrected chi connectivity index (χ1v) is 12.8. The molecule has 0 radical (unpaired) electrons. The summed E-state index contributed by atoms with van der Waals surface area (Å²) in [6.45, 7) is 10.0. The summed E-state index contributed by atoms with van der Waals surface area (Å²) in [5, 5.41) is 0. The molecule has 0 amide bonds. The molecule has 2 aromatic carbocycles. The molecule has 28 heavy (non-hydrogen) atoms. The highest BCUT2D eigenvalue weighted by molar-refractivity contribution is 6.69. The summed E-state index contributed by atoms with van der Waals surface area (Å²) in [7, 11) is -2.52. The van der Waals surface area contributed by atoms with Gasteiger partial charge in [-0.05, 0) is 48.9 Å². The molecule has 3 rings (SSSR count). The maximum absolute atomic E-state index is 6.81. The molecular formula is C25H32O2Si. The molecule has 0 unspecified atom stereocenters. The van der Waals surface area contributed by atoms with Crippen LogP contribution in [0, 0.1) is 0 Å². The van der Waals surface area contributed by atoms with Crippen LogP contribution in [-0.4, -0.2) is 8.56 Å². The standard InChI is InChI=1S/C25H32O2Si/c1-4-13-21-15-9-11-19-24(21)26-28(3,23-17-7-6-8-18-23)27-25-20-12-10-16-22(25)14-5-2/h4-5,9-12,15-16,19-20,23H,1-2,6-8,13-14,17-18H2,3H3. The van der Waals surface area contributed by atoms with E-state index in [4.69, 9.17) is 8.85 Å². The number of hydrogen-bond acceptors (Lipinski definition) is 2. The van der Waals surface area contributed by atoms with Crippen LogP contribution in [0.4, 0.5) is 0 Å². The third kappa shape index (κ3) is 4.96. The van der Waals surface area contributed by atoms with Crippen LogP contribution in [0.15, 0.2) is 73.8 Å². The van der Waals surface area contributed by atoms with Crippen molar-refractivity contribution in [1.29, 1.82) is 0 Å². The first-order valence-electron chi connectivity index (χ1n) is 10.4. The second kappa shape index (κ2) is 9.79. The van der Waals surface area contributed by atoms with Crippen LogP contribution in [0.25, 0.3) is 0 Å². The van der Waals surface area contributed by atoms with Gasteiger partial charge in [-0.15, -0.1) is 13.2 Å². The first kappa shape index (κ1) is 20.5. The second-order valence-electron chi connectivity index (χ2n) is 7.76. The maximum Gasteiger partial charge on any atom is 0.460 e. The minimum Gasteiger partial charge on any atom is -0.512 e. The lowest BCUT2D eigenvalue weighted by Gasteiger charge is -2.37. The summed E-state index contributed by atoms with van der Waals surface area (Å²) in [6, 6.07) is 16.6. The van der Waals surface area contributed by atoms with E-state index in [1.54, 1.807) is 0 Å². The van der Waals surface area contributed by atoms with Crippen LogP contribution in [0.5, 0.6) is 11.5 Å². The lowest BCUT2D eigenvalue weighted by atomic mass is 10.0. The molecule has 0 N–H and O–H groups in total. The number of benzene rings is 2. The lowest BCUT2D eigenvalue weighted by molar-refractivity contribution is 0.335. The number of allylic oxidation sites excluding steroid dienone is 2. The van der Waals surface area contributed by atoms with Gasteiger partial charge in [-0.3, -0.25) is 0 Å². The van der Waals surface area contributed by atoms with Gasteiger partial charge in [0.1, 0.15) is 11.5 Å². The van der Waals surface area contributed by atoms with Gasteiger partial charge in [-0.1, -0.05) is 67.8 Å². The van der Waals surface area contributed by atoms with Crippen LogP contribution < -0.4 is 8.85 Å². The molecule has 0 heterocycles. The van der Waals surface area contributed by atoms with Crippen molar-refractivity contribution in [1.82, 2.24) is 0 Å². The highest BCUT2D eigenvalue weighted by atomic mass is 28.4. The summed E-state index contributed by atoms with van der Waals surface area (Å²) < 4.78 is 13.6. The monoisotopic (exact) mass is 392 g/mol. The van der Waals surface area contributed by atoms with Crippen molar-refractivity contribution in [2.45, 2.75) is 57.0 Å². The summed E-state index contributed by atoms with van der Waals surface area (Å²) in [4.78, 5) is 0. The minimum absolute atomic E-state index is 0.495. The smallest absolute Gasteiger partial charge is 0.460 e.